The Hall–Kier alpha value is -0.0151. The zero-order valence-electron chi connectivity index (χ0n) is 14.7. The molecule has 1 aliphatic rings. The minimum atomic E-state index is -0.509. The van der Waals surface area contributed by atoms with Crippen LogP contribution < -0.4 is 0 Å². The van der Waals surface area contributed by atoms with E-state index < -0.39 is 7.12 Å². The van der Waals surface area contributed by atoms with Crippen LogP contribution in [0.2, 0.25) is 6.32 Å². The molecular formula is C18H37BO2. The van der Waals surface area contributed by atoms with Crippen molar-refractivity contribution in [2.75, 3.05) is 6.61 Å². The van der Waals surface area contributed by atoms with E-state index in [-0.39, 0.29) is 0 Å². The van der Waals surface area contributed by atoms with E-state index in [1.807, 2.05) is 0 Å². The molecule has 0 radical (unpaired) electrons. The van der Waals surface area contributed by atoms with Crippen molar-refractivity contribution in [2.24, 2.45) is 11.3 Å². The van der Waals surface area contributed by atoms with Crippen LogP contribution in [0, 0.1) is 11.3 Å². The van der Waals surface area contributed by atoms with Gasteiger partial charge in [0, 0.05) is 6.61 Å². The lowest BCUT2D eigenvalue weighted by atomic mass is 9.65. The van der Waals surface area contributed by atoms with Gasteiger partial charge in [-0.25, -0.2) is 0 Å². The molecule has 21 heavy (non-hydrogen) atoms. The van der Waals surface area contributed by atoms with Crippen molar-refractivity contribution in [3.05, 3.63) is 0 Å². The summed E-state index contributed by atoms with van der Waals surface area (Å²) in [7, 11) is -0.509. The average molecular weight is 296 g/mol. The Morgan fingerprint density at radius 1 is 0.952 bits per heavy atom. The summed E-state index contributed by atoms with van der Waals surface area (Å²) < 4.78 is 5.44. The van der Waals surface area contributed by atoms with Gasteiger partial charge in [-0.2, -0.15) is 0 Å². The smallest absolute Gasteiger partial charge is 0.427 e. The Bertz CT molecular complexity index is 260. The second kappa shape index (κ2) is 10.7. The van der Waals surface area contributed by atoms with Crippen molar-refractivity contribution in [3.63, 3.8) is 0 Å². The van der Waals surface area contributed by atoms with Gasteiger partial charge < -0.3 is 9.68 Å². The highest BCUT2D eigenvalue weighted by Crippen LogP contribution is 2.43. The van der Waals surface area contributed by atoms with Crippen LogP contribution >= 0.6 is 0 Å². The van der Waals surface area contributed by atoms with E-state index in [9.17, 15) is 5.02 Å². The van der Waals surface area contributed by atoms with Crippen molar-refractivity contribution >= 4 is 7.12 Å². The van der Waals surface area contributed by atoms with E-state index in [2.05, 4.69) is 20.8 Å². The molecule has 1 saturated heterocycles. The van der Waals surface area contributed by atoms with Crippen molar-refractivity contribution in [1.29, 1.82) is 0 Å². The largest absolute Gasteiger partial charge is 0.454 e. The van der Waals surface area contributed by atoms with Crippen LogP contribution in [0.25, 0.3) is 0 Å². The lowest BCUT2D eigenvalue weighted by Gasteiger charge is -2.35. The molecule has 124 valence electrons. The first kappa shape index (κ1) is 19.0. The summed E-state index contributed by atoms with van der Waals surface area (Å²) in [5.74, 6) is 0.556. The summed E-state index contributed by atoms with van der Waals surface area (Å²) in [5.41, 5.74) is 0.372. The lowest BCUT2D eigenvalue weighted by Crippen LogP contribution is -2.28. The Kier molecular flexibility index (Phi) is 9.67. The van der Waals surface area contributed by atoms with E-state index >= 15 is 0 Å². The maximum atomic E-state index is 9.69. The fourth-order valence-electron chi connectivity index (χ4n) is 3.71. The summed E-state index contributed by atoms with van der Waals surface area (Å²) in [6, 6.07) is 0. The van der Waals surface area contributed by atoms with E-state index in [0.717, 1.165) is 12.9 Å². The van der Waals surface area contributed by atoms with Crippen LogP contribution in [-0.2, 0) is 4.65 Å². The van der Waals surface area contributed by atoms with Crippen molar-refractivity contribution in [1.82, 2.24) is 0 Å². The molecule has 1 rings (SSSR count). The van der Waals surface area contributed by atoms with E-state index in [0.29, 0.717) is 11.3 Å². The molecule has 0 amide bonds. The van der Waals surface area contributed by atoms with Gasteiger partial charge in [0.2, 0.25) is 0 Å². The summed E-state index contributed by atoms with van der Waals surface area (Å²) in [6.07, 6.45) is 15.6. The van der Waals surface area contributed by atoms with Gasteiger partial charge in [0.15, 0.2) is 0 Å². The van der Waals surface area contributed by atoms with Crippen molar-refractivity contribution in [2.45, 2.75) is 97.7 Å². The molecule has 1 heterocycles. The summed E-state index contributed by atoms with van der Waals surface area (Å²) in [6.45, 7) is 7.76. The predicted molar refractivity (Wildman–Crippen MR) is 92.5 cm³/mol. The highest BCUT2D eigenvalue weighted by Gasteiger charge is 2.40. The Morgan fingerprint density at radius 3 is 1.95 bits per heavy atom. The number of unbranched alkanes of at least 4 members (excludes halogenated alkanes) is 7. The topological polar surface area (TPSA) is 29.5 Å². The Morgan fingerprint density at radius 2 is 1.48 bits per heavy atom. The molecule has 3 heteroatoms. The summed E-state index contributed by atoms with van der Waals surface area (Å²) >= 11 is 0. The van der Waals surface area contributed by atoms with E-state index in [4.69, 9.17) is 4.65 Å². The number of hydrogen-bond acceptors (Lipinski definition) is 2. The zero-order valence-corrected chi connectivity index (χ0v) is 14.7. The van der Waals surface area contributed by atoms with Gasteiger partial charge in [-0.15, -0.1) is 0 Å². The number of rotatable bonds is 12. The normalized spacial score (nSPS) is 21.7. The highest BCUT2D eigenvalue weighted by atomic mass is 16.5. The first-order chi connectivity index (χ1) is 10.1. The fourth-order valence-corrected chi connectivity index (χ4v) is 3.71. The van der Waals surface area contributed by atoms with Crippen LogP contribution in [0.1, 0.15) is 91.4 Å². The highest BCUT2D eigenvalue weighted by molar-refractivity contribution is 6.43. The minimum absolute atomic E-state index is 0.372. The second-order valence-electron chi connectivity index (χ2n) is 7.35. The second-order valence-corrected chi connectivity index (χ2v) is 7.35. The summed E-state index contributed by atoms with van der Waals surface area (Å²) in [5, 5.41) is 9.69. The SMILES string of the molecule is CCCCCCCC(C)(CCCCCC)[C@H]1COB(O)C1. The lowest BCUT2D eigenvalue weighted by molar-refractivity contribution is 0.126. The molecule has 0 aromatic rings. The minimum Gasteiger partial charge on any atom is -0.427 e. The van der Waals surface area contributed by atoms with Crippen LogP contribution in [0.4, 0.5) is 0 Å². The molecule has 1 fully saturated rings. The first-order valence-corrected chi connectivity index (χ1v) is 9.42. The molecule has 0 spiro atoms. The molecular weight excluding hydrogens is 259 g/mol. The van der Waals surface area contributed by atoms with Crippen molar-refractivity contribution in [3.8, 4) is 0 Å². The van der Waals surface area contributed by atoms with Gasteiger partial charge in [-0.1, -0.05) is 78.6 Å². The predicted octanol–water partition coefficient (Wildman–Crippen LogP) is 5.45. The Labute approximate surface area is 133 Å². The van der Waals surface area contributed by atoms with Gasteiger partial charge in [-0.3, -0.25) is 0 Å². The molecule has 0 aliphatic carbocycles. The Balaban J connectivity index is 2.40. The van der Waals surface area contributed by atoms with Crippen LogP contribution in [0.5, 0.6) is 0 Å². The maximum Gasteiger partial charge on any atom is 0.454 e. The molecule has 0 aromatic carbocycles. The standard InChI is InChI=1S/C18H37BO2/c1-4-6-8-10-12-14-18(3,13-11-9-7-5-2)17-15-19(20)21-16-17/h17,20H,4-16H2,1-3H3/t17-,18?/m1/s1. The zero-order chi connectivity index (χ0) is 15.6. The van der Waals surface area contributed by atoms with Gasteiger partial charge >= 0.3 is 7.12 Å². The van der Waals surface area contributed by atoms with Crippen LogP contribution in [-0.4, -0.2) is 18.7 Å². The van der Waals surface area contributed by atoms with Gasteiger partial charge in [0.1, 0.15) is 0 Å². The molecule has 1 N–H and O–H groups in total. The first-order valence-electron chi connectivity index (χ1n) is 9.42. The molecule has 0 bridgehead atoms. The molecule has 2 atom stereocenters. The van der Waals surface area contributed by atoms with Gasteiger partial charge in [0.05, 0.1) is 0 Å². The number of hydrogen-bond donors (Lipinski definition) is 1. The molecule has 1 aliphatic heterocycles. The molecule has 0 aromatic heterocycles. The third kappa shape index (κ3) is 7.19. The third-order valence-electron chi connectivity index (χ3n) is 5.41. The third-order valence-corrected chi connectivity index (χ3v) is 5.41. The maximum absolute atomic E-state index is 9.69. The molecule has 2 nitrogen and oxygen atoms in total. The quantitative estimate of drug-likeness (QED) is 0.383. The van der Waals surface area contributed by atoms with Crippen LogP contribution in [0.3, 0.4) is 0 Å². The van der Waals surface area contributed by atoms with Crippen molar-refractivity contribution < 1.29 is 9.68 Å². The monoisotopic (exact) mass is 296 g/mol. The fraction of sp³-hybridized carbons (Fsp3) is 1.00. The van der Waals surface area contributed by atoms with E-state index in [1.165, 1.54) is 70.6 Å². The molecule has 0 saturated carbocycles. The summed E-state index contributed by atoms with van der Waals surface area (Å²) in [4.78, 5) is 0. The van der Waals surface area contributed by atoms with Gasteiger partial charge in [0.25, 0.3) is 0 Å². The molecule has 1 unspecified atom stereocenters. The average Bonchev–Trinajstić information content (AvgIpc) is 2.91. The van der Waals surface area contributed by atoms with Crippen LogP contribution in [0.15, 0.2) is 0 Å². The van der Waals surface area contributed by atoms with E-state index in [1.54, 1.807) is 0 Å². The van der Waals surface area contributed by atoms with Gasteiger partial charge in [-0.05, 0) is 30.5 Å².